The lowest BCUT2D eigenvalue weighted by molar-refractivity contribution is 0.355. The second-order valence-corrected chi connectivity index (χ2v) is 2.10. The van der Waals surface area contributed by atoms with Gasteiger partial charge < -0.3 is 0 Å². The highest BCUT2D eigenvalue weighted by molar-refractivity contribution is 4.83. The summed E-state index contributed by atoms with van der Waals surface area (Å²) in [7, 11) is 0. The van der Waals surface area contributed by atoms with Gasteiger partial charge in [0.15, 0.2) is 0 Å². The highest BCUT2D eigenvalue weighted by Crippen LogP contribution is 2.12. The van der Waals surface area contributed by atoms with Gasteiger partial charge in [-0.25, -0.2) is 10.0 Å². The van der Waals surface area contributed by atoms with Crippen molar-refractivity contribution < 1.29 is 0 Å². The molecular weight excluding hydrogens is 112 g/mol. The Kier molecular flexibility index (Phi) is 2.03. The van der Waals surface area contributed by atoms with Gasteiger partial charge in [-0.2, -0.15) is 0 Å². The van der Waals surface area contributed by atoms with Crippen molar-refractivity contribution in [3.05, 3.63) is 25.3 Å². The third-order valence-corrected chi connectivity index (χ3v) is 1.32. The summed E-state index contributed by atoms with van der Waals surface area (Å²) >= 11 is 0. The van der Waals surface area contributed by atoms with E-state index >= 15 is 0 Å². The summed E-state index contributed by atoms with van der Waals surface area (Å²) in [5.74, 6) is 0. The first-order valence-electron chi connectivity index (χ1n) is 3.10. The van der Waals surface area contributed by atoms with Gasteiger partial charge in [0.05, 0.1) is 6.67 Å². The Balaban J connectivity index is 2.09. The van der Waals surface area contributed by atoms with Gasteiger partial charge in [-0.1, -0.05) is 12.2 Å². The number of hydrazine groups is 1. The van der Waals surface area contributed by atoms with Crippen LogP contribution in [0.3, 0.4) is 0 Å². The smallest absolute Gasteiger partial charge is 0.0794 e. The Morgan fingerprint density at radius 2 is 1.56 bits per heavy atom. The van der Waals surface area contributed by atoms with E-state index in [1.54, 1.807) is 0 Å². The standard InChI is InChI=1S/C7H12N2/c1-3-5-8-7-9(8)6-4-2/h3-4H,1-2,5-7H2. The SMILES string of the molecule is C=CCN1CN1CC=C. The van der Waals surface area contributed by atoms with E-state index in [-0.39, 0.29) is 0 Å². The van der Waals surface area contributed by atoms with Crippen molar-refractivity contribution in [2.45, 2.75) is 0 Å². The second kappa shape index (κ2) is 2.80. The fourth-order valence-electron chi connectivity index (χ4n) is 0.805. The minimum absolute atomic E-state index is 0.966. The third kappa shape index (κ3) is 1.66. The van der Waals surface area contributed by atoms with Gasteiger partial charge in [-0.3, -0.25) is 0 Å². The number of rotatable bonds is 4. The number of hydrogen-bond acceptors (Lipinski definition) is 2. The molecule has 0 N–H and O–H groups in total. The summed E-state index contributed by atoms with van der Waals surface area (Å²) in [5, 5.41) is 4.41. The summed E-state index contributed by atoms with van der Waals surface area (Å²) in [6, 6.07) is 0. The average Bonchev–Trinajstić information content (AvgIpc) is 2.50. The first kappa shape index (κ1) is 6.52. The van der Waals surface area contributed by atoms with Crippen LogP contribution in [0, 0.1) is 0 Å². The summed E-state index contributed by atoms with van der Waals surface area (Å²) in [6.45, 7) is 10.3. The van der Waals surface area contributed by atoms with E-state index < -0.39 is 0 Å². The van der Waals surface area contributed by atoms with Crippen molar-refractivity contribution in [2.24, 2.45) is 0 Å². The molecule has 0 aromatic rings. The van der Waals surface area contributed by atoms with Crippen molar-refractivity contribution in [2.75, 3.05) is 19.8 Å². The van der Waals surface area contributed by atoms with Crippen LogP contribution >= 0.6 is 0 Å². The summed E-state index contributed by atoms with van der Waals surface area (Å²) in [4.78, 5) is 0. The molecule has 0 aromatic heterocycles. The van der Waals surface area contributed by atoms with Gasteiger partial charge in [-0.05, 0) is 0 Å². The van der Waals surface area contributed by atoms with Crippen LogP contribution in [0.5, 0.6) is 0 Å². The Morgan fingerprint density at radius 1 is 1.11 bits per heavy atom. The van der Waals surface area contributed by atoms with Crippen LogP contribution in [-0.2, 0) is 0 Å². The molecule has 9 heavy (non-hydrogen) atoms. The lowest BCUT2D eigenvalue weighted by Crippen LogP contribution is -2.06. The van der Waals surface area contributed by atoms with Crippen LogP contribution in [-0.4, -0.2) is 29.8 Å². The lowest BCUT2D eigenvalue weighted by Gasteiger charge is -1.95. The minimum Gasteiger partial charge on any atom is -0.221 e. The fourth-order valence-corrected chi connectivity index (χ4v) is 0.805. The molecule has 0 bridgehead atoms. The zero-order valence-electron chi connectivity index (χ0n) is 5.58. The van der Waals surface area contributed by atoms with E-state index in [2.05, 4.69) is 23.2 Å². The molecule has 1 saturated heterocycles. The maximum atomic E-state index is 3.64. The molecule has 1 fully saturated rings. The van der Waals surface area contributed by atoms with E-state index in [4.69, 9.17) is 0 Å². The van der Waals surface area contributed by atoms with Crippen molar-refractivity contribution in [3.63, 3.8) is 0 Å². The summed E-state index contributed by atoms with van der Waals surface area (Å²) in [5.41, 5.74) is 0. The highest BCUT2D eigenvalue weighted by Gasteiger charge is 2.27. The molecule has 0 aromatic carbocycles. The molecule has 2 atom stereocenters. The summed E-state index contributed by atoms with van der Waals surface area (Å²) < 4.78 is 0. The highest BCUT2D eigenvalue weighted by atomic mass is 15.8. The molecule has 1 rings (SSSR count). The first-order valence-corrected chi connectivity index (χ1v) is 3.10. The van der Waals surface area contributed by atoms with Gasteiger partial charge in [0.2, 0.25) is 0 Å². The maximum Gasteiger partial charge on any atom is 0.0794 e. The topological polar surface area (TPSA) is 6.02 Å². The predicted octanol–water partition coefficient (Wildman–Crippen LogP) is 0.849. The van der Waals surface area contributed by atoms with Gasteiger partial charge in [0, 0.05) is 13.1 Å². The van der Waals surface area contributed by atoms with E-state index in [1.807, 2.05) is 12.2 Å². The quantitative estimate of drug-likeness (QED) is 0.405. The Labute approximate surface area is 56.0 Å². The average molecular weight is 124 g/mol. The minimum atomic E-state index is 0.966. The van der Waals surface area contributed by atoms with Crippen molar-refractivity contribution in [1.29, 1.82) is 0 Å². The van der Waals surface area contributed by atoms with Crippen molar-refractivity contribution >= 4 is 0 Å². The van der Waals surface area contributed by atoms with E-state index in [9.17, 15) is 0 Å². The van der Waals surface area contributed by atoms with E-state index in [0.29, 0.717) is 0 Å². The van der Waals surface area contributed by atoms with Crippen LogP contribution in [0.2, 0.25) is 0 Å². The van der Waals surface area contributed by atoms with Gasteiger partial charge in [0.1, 0.15) is 0 Å². The van der Waals surface area contributed by atoms with Crippen molar-refractivity contribution in [1.82, 2.24) is 10.0 Å². The largest absolute Gasteiger partial charge is 0.221 e. The van der Waals surface area contributed by atoms with E-state index in [1.165, 1.54) is 0 Å². The molecule has 0 spiro atoms. The molecule has 2 nitrogen and oxygen atoms in total. The van der Waals surface area contributed by atoms with Crippen LogP contribution < -0.4 is 0 Å². The molecule has 0 aliphatic carbocycles. The molecule has 0 amide bonds. The zero-order valence-corrected chi connectivity index (χ0v) is 5.58. The maximum absolute atomic E-state index is 3.64. The van der Waals surface area contributed by atoms with Crippen LogP contribution in [0.1, 0.15) is 0 Å². The van der Waals surface area contributed by atoms with Crippen LogP contribution in [0.4, 0.5) is 0 Å². The number of nitrogens with zero attached hydrogens (tertiary/aromatic N) is 2. The molecule has 1 heterocycles. The molecule has 50 valence electrons. The molecule has 1 aliphatic rings. The summed E-state index contributed by atoms with van der Waals surface area (Å²) in [6.07, 6.45) is 3.81. The Morgan fingerprint density at radius 3 is 1.89 bits per heavy atom. The van der Waals surface area contributed by atoms with Crippen LogP contribution in [0.15, 0.2) is 25.3 Å². The Hall–Kier alpha value is -0.600. The fraction of sp³-hybridized carbons (Fsp3) is 0.429. The van der Waals surface area contributed by atoms with E-state index in [0.717, 1.165) is 19.8 Å². The normalized spacial score (nSPS) is 31.6. The van der Waals surface area contributed by atoms with Crippen LogP contribution in [0.25, 0.3) is 0 Å². The molecule has 0 saturated carbocycles. The van der Waals surface area contributed by atoms with Gasteiger partial charge >= 0.3 is 0 Å². The first-order chi connectivity index (χ1) is 4.38. The molecule has 2 heteroatoms. The molecule has 2 unspecified atom stereocenters. The molecule has 0 radical (unpaired) electrons. The Bertz CT molecular complexity index is 106. The van der Waals surface area contributed by atoms with Crippen molar-refractivity contribution in [3.8, 4) is 0 Å². The monoisotopic (exact) mass is 124 g/mol. The molecular formula is C7H12N2. The predicted molar refractivity (Wildman–Crippen MR) is 38.7 cm³/mol. The lowest BCUT2D eigenvalue weighted by atomic mass is 10.6. The third-order valence-electron chi connectivity index (χ3n) is 1.32. The van der Waals surface area contributed by atoms with Gasteiger partial charge in [-0.15, -0.1) is 13.2 Å². The number of hydrogen-bond donors (Lipinski definition) is 0. The van der Waals surface area contributed by atoms with Gasteiger partial charge in [0.25, 0.3) is 0 Å². The molecule has 1 aliphatic heterocycles. The second-order valence-electron chi connectivity index (χ2n) is 2.10. The zero-order chi connectivity index (χ0) is 6.69.